The van der Waals surface area contributed by atoms with Crippen molar-refractivity contribution in [1.82, 2.24) is 16.0 Å². The third-order valence-corrected chi connectivity index (χ3v) is 5.32. The average Bonchev–Trinajstić information content (AvgIpc) is 2.64. The van der Waals surface area contributed by atoms with Gasteiger partial charge in [-0.05, 0) is 43.7 Å². The van der Waals surface area contributed by atoms with E-state index in [1.165, 1.54) is 19.3 Å². The molecule has 0 bridgehead atoms. The number of ether oxygens (including phenoxy) is 1. The molecule has 1 aliphatic carbocycles. The molecule has 8 heteroatoms. The minimum absolute atomic E-state index is 0. The van der Waals surface area contributed by atoms with E-state index in [1.807, 2.05) is 6.92 Å². The molecule has 0 radical (unpaired) electrons. The summed E-state index contributed by atoms with van der Waals surface area (Å²) >= 11 is 6.05. The molecule has 0 atom stereocenters. The van der Waals surface area contributed by atoms with Crippen LogP contribution in [-0.2, 0) is 4.74 Å². The van der Waals surface area contributed by atoms with E-state index in [0.29, 0.717) is 23.7 Å². The second kappa shape index (κ2) is 13.2. The van der Waals surface area contributed by atoms with E-state index in [2.05, 4.69) is 16.0 Å². The van der Waals surface area contributed by atoms with Gasteiger partial charge in [0, 0.05) is 39.9 Å². The number of methoxy groups -OCH3 is 1. The third kappa shape index (κ3) is 7.75. The minimum Gasteiger partial charge on any atom is -0.385 e. The number of hydrogen-bond donors (Lipinski definition) is 3. The van der Waals surface area contributed by atoms with Crippen molar-refractivity contribution in [3.8, 4) is 0 Å². The quantitative estimate of drug-likeness (QED) is 0.190. The van der Waals surface area contributed by atoms with Crippen LogP contribution < -0.4 is 16.0 Å². The summed E-state index contributed by atoms with van der Waals surface area (Å²) in [6.45, 7) is 5.50. The van der Waals surface area contributed by atoms with Gasteiger partial charge in [-0.25, -0.2) is 0 Å². The summed E-state index contributed by atoms with van der Waals surface area (Å²) in [6, 6.07) is 7.04. The number of hydrogen-bond acceptors (Lipinski definition) is 3. The van der Waals surface area contributed by atoms with Crippen molar-refractivity contribution in [2.45, 2.75) is 32.6 Å². The lowest BCUT2D eigenvalue weighted by atomic mass is 9.67. The van der Waals surface area contributed by atoms with Crippen LogP contribution in [0.1, 0.15) is 43.0 Å². The van der Waals surface area contributed by atoms with Crippen molar-refractivity contribution in [3.63, 3.8) is 0 Å². The monoisotopic (exact) mass is 522 g/mol. The van der Waals surface area contributed by atoms with Crippen LogP contribution >= 0.6 is 35.6 Å². The number of amides is 1. The summed E-state index contributed by atoms with van der Waals surface area (Å²) in [4.78, 5) is 16.9. The molecule has 1 aromatic carbocycles. The largest absolute Gasteiger partial charge is 0.385 e. The lowest BCUT2D eigenvalue weighted by molar-refractivity contribution is 0.0778. The number of nitrogens with one attached hydrogen (secondary N) is 3. The molecular formula is C20H32ClIN4O2. The van der Waals surface area contributed by atoms with Crippen LogP contribution in [0.15, 0.2) is 29.3 Å². The van der Waals surface area contributed by atoms with E-state index in [1.54, 1.807) is 31.4 Å². The molecule has 0 heterocycles. The van der Waals surface area contributed by atoms with Crippen molar-refractivity contribution >= 4 is 47.4 Å². The zero-order valence-corrected chi connectivity index (χ0v) is 19.8. The van der Waals surface area contributed by atoms with Gasteiger partial charge in [0.2, 0.25) is 0 Å². The molecule has 0 unspecified atom stereocenters. The van der Waals surface area contributed by atoms with Gasteiger partial charge in [-0.2, -0.15) is 0 Å². The molecule has 2 rings (SSSR count). The molecule has 1 aliphatic rings. The molecule has 6 nitrogen and oxygen atoms in total. The van der Waals surface area contributed by atoms with Crippen molar-refractivity contribution in [2.75, 3.05) is 39.9 Å². The third-order valence-electron chi connectivity index (χ3n) is 4.99. The number of carbonyl (C=O) groups excluding carboxylic acids is 1. The highest BCUT2D eigenvalue weighted by molar-refractivity contribution is 14.0. The van der Waals surface area contributed by atoms with Crippen molar-refractivity contribution in [2.24, 2.45) is 10.4 Å². The van der Waals surface area contributed by atoms with Crippen molar-refractivity contribution < 1.29 is 9.53 Å². The summed E-state index contributed by atoms with van der Waals surface area (Å²) in [5.74, 6) is 0.616. The Morgan fingerprint density at radius 2 is 1.93 bits per heavy atom. The predicted octanol–water partition coefficient (Wildman–Crippen LogP) is 3.45. The molecule has 28 heavy (non-hydrogen) atoms. The number of benzene rings is 1. The van der Waals surface area contributed by atoms with Gasteiger partial charge >= 0.3 is 0 Å². The van der Waals surface area contributed by atoms with Crippen LogP contribution in [0, 0.1) is 5.41 Å². The van der Waals surface area contributed by atoms with E-state index < -0.39 is 0 Å². The van der Waals surface area contributed by atoms with Crippen LogP contribution in [0.25, 0.3) is 0 Å². The first kappa shape index (κ1) is 25.0. The highest BCUT2D eigenvalue weighted by Gasteiger charge is 2.36. The Bertz CT molecular complexity index is 638. The van der Waals surface area contributed by atoms with Crippen LogP contribution in [0.3, 0.4) is 0 Å². The molecule has 0 spiro atoms. The average molecular weight is 523 g/mol. The topological polar surface area (TPSA) is 74.8 Å². The molecular weight excluding hydrogens is 491 g/mol. The molecule has 1 aromatic rings. The smallest absolute Gasteiger partial charge is 0.252 e. The van der Waals surface area contributed by atoms with Crippen LogP contribution in [0.5, 0.6) is 0 Å². The Morgan fingerprint density at radius 3 is 2.54 bits per heavy atom. The fraction of sp³-hybridized carbons (Fsp3) is 0.600. The summed E-state index contributed by atoms with van der Waals surface area (Å²) in [7, 11) is 1.75. The molecule has 0 aliphatic heterocycles. The zero-order chi connectivity index (χ0) is 19.5. The molecule has 1 fully saturated rings. The number of nitrogens with zero attached hydrogens (tertiary/aromatic N) is 1. The van der Waals surface area contributed by atoms with Gasteiger partial charge in [0.1, 0.15) is 0 Å². The number of guanidine groups is 1. The fourth-order valence-corrected chi connectivity index (χ4v) is 3.39. The predicted molar refractivity (Wildman–Crippen MR) is 126 cm³/mol. The zero-order valence-electron chi connectivity index (χ0n) is 16.7. The van der Waals surface area contributed by atoms with E-state index in [9.17, 15) is 4.79 Å². The molecule has 0 aromatic heterocycles. The van der Waals surface area contributed by atoms with Gasteiger partial charge in [-0.1, -0.05) is 30.2 Å². The first-order valence-electron chi connectivity index (χ1n) is 9.64. The van der Waals surface area contributed by atoms with E-state index in [-0.39, 0.29) is 35.3 Å². The van der Waals surface area contributed by atoms with E-state index >= 15 is 0 Å². The number of carbonyl (C=O) groups is 1. The van der Waals surface area contributed by atoms with Gasteiger partial charge in [0.05, 0.1) is 10.6 Å². The van der Waals surface area contributed by atoms with Crippen LogP contribution in [0.2, 0.25) is 5.02 Å². The Labute approximate surface area is 190 Å². The molecule has 1 saturated carbocycles. The van der Waals surface area contributed by atoms with Crippen molar-refractivity contribution in [1.29, 1.82) is 0 Å². The van der Waals surface area contributed by atoms with Crippen LogP contribution in [-0.4, -0.2) is 51.8 Å². The highest BCUT2D eigenvalue weighted by Crippen LogP contribution is 2.44. The summed E-state index contributed by atoms with van der Waals surface area (Å²) in [5, 5.41) is 9.87. The summed E-state index contributed by atoms with van der Waals surface area (Å²) in [6.07, 6.45) is 4.76. The lowest BCUT2D eigenvalue weighted by Crippen LogP contribution is -2.43. The minimum atomic E-state index is -0.169. The van der Waals surface area contributed by atoms with Crippen molar-refractivity contribution in [3.05, 3.63) is 34.9 Å². The van der Waals surface area contributed by atoms with E-state index in [4.69, 9.17) is 21.3 Å². The molecule has 1 amide bonds. The number of aliphatic imine (C=N–C) groups is 1. The van der Waals surface area contributed by atoms with Crippen LogP contribution in [0.4, 0.5) is 0 Å². The Kier molecular flexibility index (Phi) is 11.8. The highest BCUT2D eigenvalue weighted by atomic mass is 127. The van der Waals surface area contributed by atoms with E-state index in [0.717, 1.165) is 32.1 Å². The van der Waals surface area contributed by atoms with Gasteiger partial charge in [-0.15, -0.1) is 24.0 Å². The fourth-order valence-electron chi connectivity index (χ4n) is 3.17. The molecule has 0 saturated heterocycles. The molecule has 3 N–H and O–H groups in total. The second-order valence-corrected chi connectivity index (χ2v) is 7.36. The second-order valence-electron chi connectivity index (χ2n) is 6.95. The maximum absolute atomic E-state index is 12.2. The Hall–Kier alpha value is -1.06. The first-order chi connectivity index (χ1) is 13.1. The van der Waals surface area contributed by atoms with Gasteiger partial charge < -0.3 is 20.7 Å². The molecule has 158 valence electrons. The first-order valence-corrected chi connectivity index (χ1v) is 10.0. The van der Waals surface area contributed by atoms with Gasteiger partial charge in [0.25, 0.3) is 5.91 Å². The number of rotatable bonds is 10. The Morgan fingerprint density at radius 1 is 1.21 bits per heavy atom. The SMILES string of the molecule is CCNC(=NCC1(CCOC)CCC1)NCCNC(=O)c1ccccc1Cl.I. The summed E-state index contributed by atoms with van der Waals surface area (Å²) in [5.41, 5.74) is 0.779. The van der Waals surface area contributed by atoms with Gasteiger partial charge in [-0.3, -0.25) is 9.79 Å². The number of halogens is 2. The lowest BCUT2D eigenvalue weighted by Gasteiger charge is -2.40. The maximum atomic E-state index is 12.2. The van der Waals surface area contributed by atoms with Gasteiger partial charge in [0.15, 0.2) is 5.96 Å². The maximum Gasteiger partial charge on any atom is 0.252 e. The summed E-state index contributed by atoms with van der Waals surface area (Å²) < 4.78 is 5.24. The standard InChI is InChI=1S/C20H31ClN4O2.HI/c1-3-22-19(25-15-20(9-6-10-20)11-14-27-2)24-13-12-23-18(26)16-7-4-5-8-17(16)21;/h4-5,7-8H,3,6,9-15H2,1-2H3,(H,23,26)(H2,22,24,25);1H. The Balaban J connectivity index is 0.00000392. The normalized spacial score (nSPS) is 15.2.